The van der Waals surface area contributed by atoms with Crippen molar-refractivity contribution in [1.82, 2.24) is 15.5 Å². The van der Waals surface area contributed by atoms with E-state index in [0.29, 0.717) is 29.3 Å². The van der Waals surface area contributed by atoms with Crippen molar-refractivity contribution >= 4 is 32.5 Å². The van der Waals surface area contributed by atoms with Gasteiger partial charge in [-0.25, -0.2) is 13.6 Å². The van der Waals surface area contributed by atoms with E-state index in [1.165, 1.54) is 17.7 Å². The Morgan fingerprint density at radius 3 is 2.74 bits per heavy atom. The van der Waals surface area contributed by atoms with Gasteiger partial charge < -0.3 is 10.6 Å². The van der Waals surface area contributed by atoms with Crippen LogP contribution in [0.2, 0.25) is 0 Å². The van der Waals surface area contributed by atoms with Crippen LogP contribution in [0.3, 0.4) is 0 Å². The lowest BCUT2D eigenvalue weighted by Gasteiger charge is -2.25. The molecule has 1 unspecified atom stereocenters. The third kappa shape index (κ3) is 5.12. The fourth-order valence-electron chi connectivity index (χ4n) is 4.72. The van der Waals surface area contributed by atoms with Gasteiger partial charge in [-0.3, -0.25) is 9.89 Å². The van der Waals surface area contributed by atoms with Crippen molar-refractivity contribution in [2.75, 3.05) is 18.4 Å². The quantitative estimate of drug-likeness (QED) is 0.329. The number of amides is 1. The number of carbonyl (C=O) groups excluding carboxylic acids is 1. The summed E-state index contributed by atoms with van der Waals surface area (Å²) in [4.78, 5) is 13.0. The van der Waals surface area contributed by atoms with Crippen molar-refractivity contribution in [2.45, 2.75) is 30.1 Å². The standard InChI is InChI=1S/C26H27N5O3S/c27-35(33,34)21-8-3-6-18(13-21)26-23-15-20(10-11-24(23)30-31-26)29-25(32)14-17-5-1-2-9-22(17)19-7-4-12-28-16-19/h1-3,5-6,8-11,13,15,19,28H,4,7,12,14,16H2,(H,29,32)(H,30,31)(H2,27,33,34). The third-order valence-electron chi connectivity index (χ3n) is 6.43. The number of H-pyrrole nitrogens is 1. The number of primary sulfonamides is 1. The van der Waals surface area contributed by atoms with E-state index in [9.17, 15) is 13.2 Å². The molecule has 2 heterocycles. The van der Waals surface area contributed by atoms with E-state index in [2.05, 4.69) is 26.9 Å². The Kier molecular flexibility index (Phi) is 6.38. The van der Waals surface area contributed by atoms with Gasteiger partial charge in [-0.1, -0.05) is 36.4 Å². The number of nitrogens with one attached hydrogen (secondary N) is 3. The molecule has 0 spiro atoms. The summed E-state index contributed by atoms with van der Waals surface area (Å²) in [5.41, 5.74) is 4.89. The molecule has 0 bridgehead atoms. The molecule has 4 aromatic rings. The molecule has 5 N–H and O–H groups in total. The van der Waals surface area contributed by atoms with Gasteiger partial charge in [0, 0.05) is 23.2 Å². The maximum Gasteiger partial charge on any atom is 0.238 e. The van der Waals surface area contributed by atoms with Gasteiger partial charge in [0.25, 0.3) is 0 Å². The summed E-state index contributed by atoms with van der Waals surface area (Å²) in [6, 6.07) is 20.0. The molecule has 180 valence electrons. The number of nitrogens with two attached hydrogens (primary N) is 1. The Bertz CT molecular complexity index is 1490. The van der Waals surface area contributed by atoms with E-state index >= 15 is 0 Å². The SMILES string of the molecule is NS(=O)(=O)c1cccc(-c2n[nH]c3ccc(NC(=O)Cc4ccccc4C4CCCNC4)cc23)c1. The summed E-state index contributed by atoms with van der Waals surface area (Å²) in [5, 5.41) is 19.8. The number of benzene rings is 3. The zero-order valence-corrected chi connectivity index (χ0v) is 19.9. The van der Waals surface area contributed by atoms with Crippen LogP contribution in [0.1, 0.15) is 29.9 Å². The van der Waals surface area contributed by atoms with E-state index in [-0.39, 0.29) is 10.8 Å². The molecule has 9 heteroatoms. The van der Waals surface area contributed by atoms with Crippen LogP contribution in [0.5, 0.6) is 0 Å². The molecule has 8 nitrogen and oxygen atoms in total. The average Bonchev–Trinajstić information content (AvgIpc) is 3.28. The monoisotopic (exact) mass is 489 g/mol. The van der Waals surface area contributed by atoms with Crippen LogP contribution in [0, 0.1) is 0 Å². The Hall–Kier alpha value is -3.53. The number of carbonyl (C=O) groups is 1. The van der Waals surface area contributed by atoms with Crippen LogP contribution in [0.15, 0.2) is 71.6 Å². The van der Waals surface area contributed by atoms with Gasteiger partial charge in [-0.2, -0.15) is 5.10 Å². The molecule has 0 radical (unpaired) electrons. The Labute approximate surface area is 204 Å². The highest BCUT2D eigenvalue weighted by atomic mass is 32.2. The number of piperidine rings is 1. The van der Waals surface area contributed by atoms with Crippen LogP contribution in [0.4, 0.5) is 5.69 Å². The van der Waals surface area contributed by atoms with Crippen LogP contribution in [-0.4, -0.2) is 37.6 Å². The van der Waals surface area contributed by atoms with Crippen molar-refractivity contribution in [3.8, 4) is 11.3 Å². The number of hydrogen-bond donors (Lipinski definition) is 4. The smallest absolute Gasteiger partial charge is 0.238 e. The van der Waals surface area contributed by atoms with Crippen LogP contribution >= 0.6 is 0 Å². The summed E-state index contributed by atoms with van der Waals surface area (Å²) >= 11 is 0. The van der Waals surface area contributed by atoms with Gasteiger partial charge >= 0.3 is 0 Å². The largest absolute Gasteiger partial charge is 0.326 e. The molecule has 1 fully saturated rings. The number of hydrogen-bond acceptors (Lipinski definition) is 5. The number of aromatic nitrogens is 2. The van der Waals surface area contributed by atoms with Gasteiger partial charge in [0.2, 0.25) is 15.9 Å². The van der Waals surface area contributed by atoms with E-state index < -0.39 is 10.0 Å². The molecule has 1 amide bonds. The number of anilines is 1. The molecule has 1 aromatic heterocycles. The lowest BCUT2D eigenvalue weighted by Crippen LogP contribution is -2.29. The highest BCUT2D eigenvalue weighted by Gasteiger charge is 2.19. The maximum atomic E-state index is 13.0. The molecule has 0 saturated carbocycles. The van der Waals surface area contributed by atoms with Gasteiger partial charge in [0.1, 0.15) is 5.69 Å². The van der Waals surface area contributed by atoms with Gasteiger partial charge in [0.15, 0.2) is 0 Å². The normalized spacial score (nSPS) is 16.3. The zero-order chi connectivity index (χ0) is 24.4. The maximum absolute atomic E-state index is 13.0. The van der Waals surface area contributed by atoms with E-state index in [1.807, 2.05) is 36.4 Å². The predicted molar refractivity (Wildman–Crippen MR) is 137 cm³/mol. The number of sulfonamides is 1. The first-order valence-electron chi connectivity index (χ1n) is 11.6. The molecular formula is C26H27N5O3S. The summed E-state index contributed by atoms with van der Waals surface area (Å²) in [6.45, 7) is 1.98. The van der Waals surface area contributed by atoms with Crippen molar-refractivity contribution in [1.29, 1.82) is 0 Å². The fraction of sp³-hybridized carbons (Fsp3) is 0.231. The Morgan fingerprint density at radius 1 is 1.09 bits per heavy atom. The first-order chi connectivity index (χ1) is 16.9. The van der Waals surface area contributed by atoms with Crippen LogP contribution < -0.4 is 15.8 Å². The molecule has 1 atom stereocenters. The van der Waals surface area contributed by atoms with Crippen molar-refractivity contribution in [3.05, 3.63) is 77.9 Å². The molecule has 5 rings (SSSR count). The summed E-state index contributed by atoms with van der Waals surface area (Å²) in [6.07, 6.45) is 2.55. The molecule has 1 saturated heterocycles. The number of aromatic amines is 1. The molecule has 1 aliphatic rings. The van der Waals surface area contributed by atoms with Crippen LogP contribution in [0.25, 0.3) is 22.2 Å². The molecular weight excluding hydrogens is 462 g/mol. The van der Waals surface area contributed by atoms with Crippen molar-refractivity contribution in [2.24, 2.45) is 5.14 Å². The third-order valence-corrected chi connectivity index (χ3v) is 7.34. The van der Waals surface area contributed by atoms with Gasteiger partial charge in [-0.15, -0.1) is 0 Å². The van der Waals surface area contributed by atoms with E-state index in [4.69, 9.17) is 5.14 Å². The van der Waals surface area contributed by atoms with Gasteiger partial charge in [-0.05, 0) is 66.8 Å². The number of fused-ring (bicyclic) bond motifs is 1. The number of nitrogens with zero attached hydrogens (tertiary/aromatic N) is 1. The minimum Gasteiger partial charge on any atom is -0.326 e. The summed E-state index contributed by atoms with van der Waals surface area (Å²) < 4.78 is 23.5. The Balaban J connectivity index is 1.38. The predicted octanol–water partition coefficient (Wildman–Crippen LogP) is 3.53. The topological polar surface area (TPSA) is 130 Å². The minimum atomic E-state index is -3.83. The second-order valence-corrected chi connectivity index (χ2v) is 10.4. The zero-order valence-electron chi connectivity index (χ0n) is 19.1. The molecule has 3 aromatic carbocycles. The highest BCUT2D eigenvalue weighted by molar-refractivity contribution is 7.89. The average molecular weight is 490 g/mol. The first-order valence-corrected chi connectivity index (χ1v) is 13.1. The molecule has 0 aliphatic carbocycles. The second-order valence-electron chi connectivity index (χ2n) is 8.87. The molecule has 1 aliphatic heterocycles. The summed E-state index contributed by atoms with van der Waals surface area (Å²) in [5.74, 6) is 0.326. The van der Waals surface area contributed by atoms with Crippen LogP contribution in [-0.2, 0) is 21.2 Å². The fourth-order valence-corrected chi connectivity index (χ4v) is 5.28. The van der Waals surface area contributed by atoms with Crippen molar-refractivity contribution < 1.29 is 13.2 Å². The van der Waals surface area contributed by atoms with E-state index in [0.717, 1.165) is 42.4 Å². The number of rotatable bonds is 6. The van der Waals surface area contributed by atoms with Crippen molar-refractivity contribution in [3.63, 3.8) is 0 Å². The van der Waals surface area contributed by atoms with Gasteiger partial charge in [0.05, 0.1) is 16.8 Å². The summed E-state index contributed by atoms with van der Waals surface area (Å²) in [7, 11) is -3.83. The first kappa shape index (κ1) is 23.2. The lowest BCUT2D eigenvalue weighted by molar-refractivity contribution is -0.115. The van der Waals surface area contributed by atoms with E-state index in [1.54, 1.807) is 12.1 Å². The minimum absolute atomic E-state index is 0.0161. The highest BCUT2D eigenvalue weighted by Crippen LogP contribution is 2.30. The lowest BCUT2D eigenvalue weighted by atomic mass is 9.87. The molecule has 35 heavy (non-hydrogen) atoms. The Morgan fingerprint density at radius 2 is 1.94 bits per heavy atom. The second kappa shape index (κ2) is 9.61.